The monoisotopic (exact) mass is 299 g/mol. The summed E-state index contributed by atoms with van der Waals surface area (Å²) >= 11 is 0. The molecule has 0 bridgehead atoms. The van der Waals surface area contributed by atoms with Crippen LogP contribution in [-0.4, -0.2) is 38.4 Å². The van der Waals surface area contributed by atoms with Crippen LogP contribution in [0.25, 0.3) is 0 Å². The first-order chi connectivity index (χ1) is 10.9. The highest BCUT2D eigenvalue weighted by atomic mass is 16.5. The van der Waals surface area contributed by atoms with Crippen molar-refractivity contribution in [3.05, 3.63) is 48.2 Å². The number of benzene rings is 1. The van der Waals surface area contributed by atoms with E-state index in [2.05, 4.69) is 27.3 Å². The Morgan fingerprint density at radius 1 is 1.23 bits per heavy atom. The average Bonchev–Trinajstić information content (AvgIpc) is 2.61. The minimum atomic E-state index is 0.714. The molecule has 0 amide bonds. The SMILES string of the molecule is COc1cccc(CNc2ncccc2N2CCOCC2)c1. The lowest BCUT2D eigenvalue weighted by Gasteiger charge is -2.30. The van der Waals surface area contributed by atoms with Crippen molar-refractivity contribution in [2.24, 2.45) is 0 Å². The van der Waals surface area contributed by atoms with Crippen molar-refractivity contribution < 1.29 is 9.47 Å². The summed E-state index contributed by atoms with van der Waals surface area (Å²) in [5.41, 5.74) is 2.30. The van der Waals surface area contributed by atoms with Gasteiger partial charge in [0.05, 0.1) is 26.0 Å². The van der Waals surface area contributed by atoms with E-state index in [9.17, 15) is 0 Å². The Bertz CT molecular complexity index is 612. The molecule has 1 fully saturated rings. The van der Waals surface area contributed by atoms with Crippen molar-refractivity contribution in [3.8, 4) is 5.75 Å². The molecule has 1 saturated heterocycles. The van der Waals surface area contributed by atoms with Crippen molar-refractivity contribution in [1.82, 2.24) is 4.98 Å². The van der Waals surface area contributed by atoms with Crippen LogP contribution in [-0.2, 0) is 11.3 Å². The maximum atomic E-state index is 5.42. The molecule has 1 aromatic heterocycles. The third-order valence-corrected chi connectivity index (χ3v) is 3.73. The van der Waals surface area contributed by atoms with E-state index in [0.717, 1.165) is 49.1 Å². The Morgan fingerprint density at radius 2 is 2.09 bits per heavy atom. The Kier molecular flexibility index (Phi) is 4.75. The van der Waals surface area contributed by atoms with Crippen molar-refractivity contribution in [2.45, 2.75) is 6.54 Å². The fourth-order valence-corrected chi connectivity index (χ4v) is 2.56. The van der Waals surface area contributed by atoms with Crippen molar-refractivity contribution >= 4 is 11.5 Å². The van der Waals surface area contributed by atoms with Crippen LogP contribution in [0.15, 0.2) is 42.6 Å². The smallest absolute Gasteiger partial charge is 0.149 e. The number of ether oxygens (including phenoxy) is 2. The third kappa shape index (κ3) is 3.49. The summed E-state index contributed by atoms with van der Waals surface area (Å²) in [6, 6.07) is 12.1. The first-order valence-electron chi connectivity index (χ1n) is 7.51. The molecule has 5 nitrogen and oxygen atoms in total. The van der Waals surface area contributed by atoms with Crippen LogP contribution in [0.4, 0.5) is 11.5 Å². The molecule has 0 spiro atoms. The highest BCUT2D eigenvalue weighted by Gasteiger charge is 2.15. The zero-order valence-corrected chi connectivity index (χ0v) is 12.8. The summed E-state index contributed by atoms with van der Waals surface area (Å²) in [6.45, 7) is 4.05. The number of hydrogen-bond donors (Lipinski definition) is 1. The van der Waals surface area contributed by atoms with Gasteiger partial charge in [0.15, 0.2) is 0 Å². The highest BCUT2D eigenvalue weighted by molar-refractivity contribution is 5.65. The number of hydrogen-bond acceptors (Lipinski definition) is 5. The van der Waals surface area contributed by atoms with Gasteiger partial charge in [-0.1, -0.05) is 12.1 Å². The van der Waals surface area contributed by atoms with Crippen LogP contribution >= 0.6 is 0 Å². The minimum Gasteiger partial charge on any atom is -0.497 e. The summed E-state index contributed by atoms with van der Waals surface area (Å²) in [4.78, 5) is 6.80. The first kappa shape index (κ1) is 14.7. The average molecular weight is 299 g/mol. The lowest BCUT2D eigenvalue weighted by Crippen LogP contribution is -2.36. The van der Waals surface area contributed by atoms with E-state index < -0.39 is 0 Å². The molecule has 0 aliphatic carbocycles. The molecule has 3 rings (SSSR count). The molecule has 2 aromatic rings. The second-order valence-electron chi connectivity index (χ2n) is 5.18. The van der Waals surface area contributed by atoms with E-state index in [4.69, 9.17) is 9.47 Å². The molecule has 0 atom stereocenters. The fourth-order valence-electron chi connectivity index (χ4n) is 2.56. The van der Waals surface area contributed by atoms with Crippen molar-refractivity contribution in [2.75, 3.05) is 43.6 Å². The van der Waals surface area contributed by atoms with Gasteiger partial charge in [0.1, 0.15) is 11.6 Å². The molecule has 5 heteroatoms. The zero-order chi connectivity index (χ0) is 15.2. The van der Waals surface area contributed by atoms with E-state index in [1.807, 2.05) is 30.5 Å². The number of pyridine rings is 1. The quantitative estimate of drug-likeness (QED) is 0.919. The standard InChI is InChI=1S/C17H21N3O2/c1-21-15-5-2-4-14(12-15)13-19-17-16(6-3-7-18-17)20-8-10-22-11-9-20/h2-7,12H,8-11,13H2,1H3,(H,18,19). The first-order valence-corrected chi connectivity index (χ1v) is 7.51. The van der Waals surface area contributed by atoms with Gasteiger partial charge in [-0.2, -0.15) is 0 Å². The molecule has 0 unspecified atom stereocenters. The predicted octanol–water partition coefficient (Wildman–Crippen LogP) is 2.54. The molecule has 2 heterocycles. The van der Waals surface area contributed by atoms with Gasteiger partial charge in [-0.15, -0.1) is 0 Å². The van der Waals surface area contributed by atoms with Gasteiger partial charge in [0, 0.05) is 25.8 Å². The highest BCUT2D eigenvalue weighted by Crippen LogP contribution is 2.24. The molecule has 1 aromatic carbocycles. The molecule has 0 radical (unpaired) electrons. The fraction of sp³-hybridized carbons (Fsp3) is 0.353. The van der Waals surface area contributed by atoms with Crippen LogP contribution < -0.4 is 15.0 Å². The van der Waals surface area contributed by atoms with Crippen molar-refractivity contribution in [3.63, 3.8) is 0 Å². The van der Waals surface area contributed by atoms with E-state index >= 15 is 0 Å². The molecule has 22 heavy (non-hydrogen) atoms. The number of aromatic nitrogens is 1. The second kappa shape index (κ2) is 7.13. The number of anilines is 2. The van der Waals surface area contributed by atoms with Crippen LogP contribution in [0.2, 0.25) is 0 Å². The van der Waals surface area contributed by atoms with Gasteiger partial charge in [0.25, 0.3) is 0 Å². The van der Waals surface area contributed by atoms with Crippen LogP contribution in [0, 0.1) is 0 Å². The maximum absolute atomic E-state index is 5.42. The zero-order valence-electron chi connectivity index (χ0n) is 12.8. The van der Waals surface area contributed by atoms with Gasteiger partial charge < -0.3 is 19.7 Å². The molecule has 1 N–H and O–H groups in total. The summed E-state index contributed by atoms with van der Waals surface area (Å²) in [5, 5.41) is 3.43. The van der Waals surface area contributed by atoms with Crippen LogP contribution in [0.1, 0.15) is 5.56 Å². The van der Waals surface area contributed by atoms with Crippen molar-refractivity contribution in [1.29, 1.82) is 0 Å². The van der Waals surface area contributed by atoms with Gasteiger partial charge in [-0.05, 0) is 29.8 Å². The maximum Gasteiger partial charge on any atom is 0.149 e. The molecule has 1 aliphatic rings. The van der Waals surface area contributed by atoms with Gasteiger partial charge in [-0.25, -0.2) is 4.98 Å². The number of rotatable bonds is 5. The van der Waals surface area contributed by atoms with E-state index in [1.165, 1.54) is 0 Å². The van der Waals surface area contributed by atoms with Crippen LogP contribution in [0.3, 0.4) is 0 Å². The molecule has 116 valence electrons. The molecule has 0 saturated carbocycles. The Morgan fingerprint density at radius 3 is 2.91 bits per heavy atom. The molecular formula is C17H21N3O2. The Hall–Kier alpha value is -2.27. The summed E-state index contributed by atoms with van der Waals surface area (Å²) in [6.07, 6.45) is 1.82. The number of nitrogens with zero attached hydrogens (tertiary/aromatic N) is 2. The Balaban J connectivity index is 1.71. The lowest BCUT2D eigenvalue weighted by atomic mass is 10.2. The predicted molar refractivity (Wildman–Crippen MR) is 87.6 cm³/mol. The van der Waals surface area contributed by atoms with E-state index in [0.29, 0.717) is 6.54 Å². The van der Waals surface area contributed by atoms with E-state index in [-0.39, 0.29) is 0 Å². The number of methoxy groups -OCH3 is 1. The number of nitrogens with one attached hydrogen (secondary N) is 1. The minimum absolute atomic E-state index is 0.714. The normalized spacial score (nSPS) is 14.7. The lowest BCUT2D eigenvalue weighted by molar-refractivity contribution is 0.122. The Labute approximate surface area is 130 Å². The van der Waals surface area contributed by atoms with E-state index in [1.54, 1.807) is 7.11 Å². The number of morpholine rings is 1. The second-order valence-corrected chi connectivity index (χ2v) is 5.18. The molecule has 1 aliphatic heterocycles. The largest absolute Gasteiger partial charge is 0.497 e. The third-order valence-electron chi connectivity index (χ3n) is 3.73. The van der Waals surface area contributed by atoms with Gasteiger partial charge in [-0.3, -0.25) is 0 Å². The summed E-state index contributed by atoms with van der Waals surface area (Å²) in [5.74, 6) is 1.78. The summed E-state index contributed by atoms with van der Waals surface area (Å²) in [7, 11) is 1.68. The topological polar surface area (TPSA) is 46.6 Å². The van der Waals surface area contributed by atoms with Gasteiger partial charge in [0.2, 0.25) is 0 Å². The summed E-state index contributed by atoms with van der Waals surface area (Å²) < 4.78 is 10.7. The van der Waals surface area contributed by atoms with Gasteiger partial charge >= 0.3 is 0 Å². The van der Waals surface area contributed by atoms with Crippen LogP contribution in [0.5, 0.6) is 5.75 Å². The molecular weight excluding hydrogens is 278 g/mol.